The smallest absolute Gasteiger partial charge is 0.331 e. The molecule has 0 saturated carbocycles. The summed E-state index contributed by atoms with van der Waals surface area (Å²) >= 11 is 0. The van der Waals surface area contributed by atoms with Gasteiger partial charge < -0.3 is 18.9 Å². The van der Waals surface area contributed by atoms with E-state index in [1.807, 2.05) is 0 Å². The third kappa shape index (κ3) is 8.66. The van der Waals surface area contributed by atoms with E-state index in [0.29, 0.717) is 32.9 Å². The van der Waals surface area contributed by atoms with Crippen molar-refractivity contribution in [2.75, 3.05) is 52.2 Å². The van der Waals surface area contributed by atoms with Gasteiger partial charge in [-0.15, -0.1) is 0 Å². The maximum absolute atomic E-state index is 12.3. The van der Waals surface area contributed by atoms with Crippen molar-refractivity contribution < 1.29 is 28.3 Å². The topological polar surface area (TPSA) is 85.3 Å². The molecule has 0 atom stereocenters. The molecule has 20 heavy (non-hydrogen) atoms. The van der Waals surface area contributed by atoms with Crippen molar-refractivity contribution in [3.63, 3.8) is 0 Å². The van der Waals surface area contributed by atoms with Crippen LogP contribution in [-0.4, -0.2) is 68.2 Å². The van der Waals surface area contributed by atoms with Crippen LogP contribution in [-0.2, 0) is 23.1 Å². The molecule has 7 nitrogen and oxygen atoms in total. The Morgan fingerprint density at radius 2 is 1.70 bits per heavy atom. The zero-order valence-corrected chi connectivity index (χ0v) is 13.4. The Balaban J connectivity index is 4.42. The van der Waals surface area contributed by atoms with Gasteiger partial charge in [0.05, 0.1) is 39.1 Å². The standard InChI is InChI=1S/C12H26NO6P/c1-4-17-12(15)11-13(7-9-14)8-10-20(16,18-5-2)19-6-3/h14H,4-11H2,1-3H3. The van der Waals surface area contributed by atoms with Crippen LogP contribution in [0.4, 0.5) is 0 Å². The lowest BCUT2D eigenvalue weighted by molar-refractivity contribution is -0.144. The molecule has 0 aliphatic heterocycles. The van der Waals surface area contributed by atoms with Gasteiger partial charge >= 0.3 is 13.6 Å². The molecule has 0 unspecified atom stereocenters. The molecule has 0 bridgehead atoms. The first kappa shape index (κ1) is 19.5. The van der Waals surface area contributed by atoms with E-state index >= 15 is 0 Å². The van der Waals surface area contributed by atoms with Gasteiger partial charge in [-0.05, 0) is 20.8 Å². The molecule has 0 aromatic rings. The molecule has 8 heteroatoms. The normalized spacial score (nSPS) is 11.8. The molecule has 0 spiro atoms. The van der Waals surface area contributed by atoms with Crippen molar-refractivity contribution in [2.45, 2.75) is 20.8 Å². The van der Waals surface area contributed by atoms with E-state index in [9.17, 15) is 9.36 Å². The second-order valence-corrected chi connectivity index (χ2v) is 6.16. The summed E-state index contributed by atoms with van der Waals surface area (Å²) in [6.45, 7) is 6.72. The number of aliphatic hydroxyl groups is 1. The van der Waals surface area contributed by atoms with Crippen molar-refractivity contribution in [2.24, 2.45) is 0 Å². The van der Waals surface area contributed by atoms with Crippen LogP contribution >= 0.6 is 7.60 Å². The summed E-state index contributed by atoms with van der Waals surface area (Å²) in [4.78, 5) is 13.1. The Morgan fingerprint density at radius 3 is 2.15 bits per heavy atom. The molecule has 0 radical (unpaired) electrons. The van der Waals surface area contributed by atoms with Crippen molar-refractivity contribution in [3.05, 3.63) is 0 Å². The van der Waals surface area contributed by atoms with Crippen LogP contribution < -0.4 is 0 Å². The Kier molecular flexibility index (Phi) is 11.0. The van der Waals surface area contributed by atoms with E-state index in [-0.39, 0.29) is 25.3 Å². The fourth-order valence-corrected chi connectivity index (χ4v) is 3.27. The molecule has 0 saturated heterocycles. The summed E-state index contributed by atoms with van der Waals surface area (Å²) in [7, 11) is -3.13. The van der Waals surface area contributed by atoms with Gasteiger partial charge in [0.15, 0.2) is 0 Å². The van der Waals surface area contributed by atoms with Gasteiger partial charge in [0.1, 0.15) is 0 Å². The van der Waals surface area contributed by atoms with Gasteiger partial charge in [0.2, 0.25) is 0 Å². The number of ether oxygens (including phenoxy) is 1. The highest BCUT2D eigenvalue weighted by Gasteiger charge is 2.25. The molecule has 0 heterocycles. The lowest BCUT2D eigenvalue weighted by atomic mass is 10.4. The van der Waals surface area contributed by atoms with Gasteiger partial charge in [-0.2, -0.15) is 0 Å². The first-order valence-electron chi connectivity index (χ1n) is 6.88. The summed E-state index contributed by atoms with van der Waals surface area (Å²) in [5, 5.41) is 8.99. The molecule has 1 N–H and O–H groups in total. The monoisotopic (exact) mass is 311 g/mol. The number of aliphatic hydroxyl groups excluding tert-OH is 1. The third-order valence-electron chi connectivity index (χ3n) is 2.42. The van der Waals surface area contributed by atoms with E-state index < -0.39 is 7.60 Å². The maximum atomic E-state index is 12.3. The molecule has 0 aliphatic carbocycles. The van der Waals surface area contributed by atoms with Crippen molar-refractivity contribution in [3.8, 4) is 0 Å². The molecular weight excluding hydrogens is 285 g/mol. The van der Waals surface area contributed by atoms with Gasteiger partial charge in [-0.3, -0.25) is 14.3 Å². The van der Waals surface area contributed by atoms with Crippen LogP contribution in [0.25, 0.3) is 0 Å². The first-order chi connectivity index (χ1) is 9.51. The van der Waals surface area contributed by atoms with Crippen molar-refractivity contribution in [1.29, 1.82) is 0 Å². The number of carbonyl (C=O) groups is 1. The molecular formula is C12H26NO6P. The number of nitrogens with zero attached hydrogens (tertiary/aromatic N) is 1. The molecule has 0 amide bonds. The first-order valence-corrected chi connectivity index (χ1v) is 8.61. The highest BCUT2D eigenvalue weighted by Crippen LogP contribution is 2.47. The highest BCUT2D eigenvalue weighted by atomic mass is 31.2. The minimum atomic E-state index is -3.13. The highest BCUT2D eigenvalue weighted by molar-refractivity contribution is 7.53. The lowest BCUT2D eigenvalue weighted by Crippen LogP contribution is -2.35. The van der Waals surface area contributed by atoms with Crippen LogP contribution in [0.3, 0.4) is 0 Å². The van der Waals surface area contributed by atoms with Crippen LogP contribution in [0.5, 0.6) is 0 Å². The van der Waals surface area contributed by atoms with Gasteiger partial charge in [-0.25, -0.2) is 0 Å². The number of rotatable bonds is 12. The second kappa shape index (κ2) is 11.2. The molecule has 0 rings (SSSR count). The third-order valence-corrected chi connectivity index (χ3v) is 4.47. The minimum Gasteiger partial charge on any atom is -0.465 e. The van der Waals surface area contributed by atoms with E-state index in [4.69, 9.17) is 18.9 Å². The largest absolute Gasteiger partial charge is 0.465 e. The zero-order chi connectivity index (χ0) is 15.4. The lowest BCUT2D eigenvalue weighted by Gasteiger charge is -2.23. The summed E-state index contributed by atoms with van der Waals surface area (Å²) in [6.07, 6.45) is 0.175. The average Bonchev–Trinajstić information content (AvgIpc) is 2.37. The van der Waals surface area contributed by atoms with E-state index in [0.717, 1.165) is 0 Å². The van der Waals surface area contributed by atoms with E-state index in [1.165, 1.54) is 0 Å². The summed E-state index contributed by atoms with van der Waals surface area (Å²) in [6, 6.07) is 0. The number of esters is 1. The predicted molar refractivity (Wildman–Crippen MR) is 75.9 cm³/mol. The molecule has 0 aliphatic rings. The number of hydrogen-bond acceptors (Lipinski definition) is 7. The molecule has 0 fully saturated rings. The number of carbonyl (C=O) groups excluding carboxylic acids is 1. The Labute approximate surface area is 120 Å². The molecule has 120 valence electrons. The minimum absolute atomic E-state index is 0.0483. The fraction of sp³-hybridized carbons (Fsp3) is 0.917. The van der Waals surface area contributed by atoms with Crippen LogP contribution in [0.15, 0.2) is 0 Å². The summed E-state index contributed by atoms with van der Waals surface area (Å²) < 4.78 is 27.5. The average molecular weight is 311 g/mol. The van der Waals surface area contributed by atoms with Crippen molar-refractivity contribution >= 4 is 13.6 Å². The second-order valence-electron chi connectivity index (χ2n) is 3.97. The Hall–Kier alpha value is -0.460. The van der Waals surface area contributed by atoms with E-state index in [2.05, 4.69) is 0 Å². The van der Waals surface area contributed by atoms with Gasteiger partial charge in [0.25, 0.3) is 0 Å². The Bertz CT molecular complexity index is 302. The van der Waals surface area contributed by atoms with Gasteiger partial charge in [-0.1, -0.05) is 0 Å². The maximum Gasteiger partial charge on any atom is 0.331 e. The quantitative estimate of drug-likeness (QED) is 0.427. The Morgan fingerprint density at radius 1 is 1.10 bits per heavy atom. The van der Waals surface area contributed by atoms with Gasteiger partial charge in [0, 0.05) is 13.1 Å². The van der Waals surface area contributed by atoms with E-state index in [1.54, 1.807) is 25.7 Å². The van der Waals surface area contributed by atoms with Crippen LogP contribution in [0.2, 0.25) is 0 Å². The fourth-order valence-electron chi connectivity index (χ4n) is 1.62. The van der Waals surface area contributed by atoms with Crippen LogP contribution in [0, 0.1) is 0 Å². The van der Waals surface area contributed by atoms with Crippen molar-refractivity contribution in [1.82, 2.24) is 4.90 Å². The summed E-state index contributed by atoms with van der Waals surface area (Å²) in [5.74, 6) is -0.372. The van der Waals surface area contributed by atoms with Crippen LogP contribution in [0.1, 0.15) is 20.8 Å². The molecule has 0 aromatic heterocycles. The SMILES string of the molecule is CCOC(=O)CN(CCO)CCP(=O)(OCC)OCC. The molecule has 0 aromatic carbocycles. The zero-order valence-electron chi connectivity index (χ0n) is 12.5. The predicted octanol–water partition coefficient (Wildman–Crippen LogP) is 1.11. The summed E-state index contributed by atoms with van der Waals surface area (Å²) in [5.41, 5.74) is 0. The number of hydrogen-bond donors (Lipinski definition) is 1.